The van der Waals surface area contributed by atoms with E-state index in [0.717, 1.165) is 22.6 Å². The van der Waals surface area contributed by atoms with E-state index in [0.29, 0.717) is 13.0 Å². The first-order valence-corrected chi connectivity index (χ1v) is 8.27. The van der Waals surface area contributed by atoms with Crippen molar-refractivity contribution in [1.82, 2.24) is 9.55 Å². The molecule has 2 heterocycles. The number of thiazole rings is 1. The first-order chi connectivity index (χ1) is 10.8. The van der Waals surface area contributed by atoms with Crippen LogP contribution in [0.2, 0.25) is 0 Å². The Morgan fingerprint density at radius 2 is 2.18 bits per heavy atom. The van der Waals surface area contributed by atoms with Crippen LogP contribution in [-0.2, 0) is 29.1 Å². The monoisotopic (exact) mass is 314 g/mol. The highest BCUT2D eigenvalue weighted by molar-refractivity contribution is 7.09. The Kier molecular flexibility index (Phi) is 4.53. The zero-order valence-corrected chi connectivity index (χ0v) is 13.3. The summed E-state index contributed by atoms with van der Waals surface area (Å²) in [6, 6.07) is 10.2. The number of carbonyl (C=O) groups is 1. The summed E-state index contributed by atoms with van der Waals surface area (Å²) in [5, 5.41) is 4.21. The van der Waals surface area contributed by atoms with Gasteiger partial charge in [0.25, 0.3) is 0 Å². The summed E-state index contributed by atoms with van der Waals surface area (Å²) in [7, 11) is 0. The van der Waals surface area contributed by atoms with Crippen LogP contribution >= 0.6 is 11.3 Å². The van der Waals surface area contributed by atoms with Gasteiger partial charge in [-0.1, -0.05) is 25.1 Å². The van der Waals surface area contributed by atoms with Crippen LogP contribution in [0.25, 0.3) is 10.9 Å². The molecule has 1 aromatic carbocycles. The SMILES string of the molecule is CCc1nc(COC(=O)CCn2ccc3ccccc32)cs1. The lowest BCUT2D eigenvalue weighted by atomic mass is 10.2. The van der Waals surface area contributed by atoms with Crippen LogP contribution in [0.1, 0.15) is 24.0 Å². The van der Waals surface area contributed by atoms with Gasteiger partial charge >= 0.3 is 5.97 Å². The summed E-state index contributed by atoms with van der Waals surface area (Å²) in [6.07, 6.45) is 3.29. The zero-order chi connectivity index (χ0) is 15.4. The maximum atomic E-state index is 11.9. The van der Waals surface area contributed by atoms with E-state index in [1.54, 1.807) is 11.3 Å². The molecule has 0 bridgehead atoms. The predicted octanol–water partition coefficient (Wildman–Crippen LogP) is 3.79. The van der Waals surface area contributed by atoms with Gasteiger partial charge in [-0.25, -0.2) is 4.98 Å². The molecule has 4 nitrogen and oxygen atoms in total. The van der Waals surface area contributed by atoms with Crippen LogP contribution in [0.4, 0.5) is 0 Å². The van der Waals surface area contributed by atoms with E-state index in [1.807, 2.05) is 23.7 Å². The lowest BCUT2D eigenvalue weighted by molar-refractivity contribution is -0.145. The van der Waals surface area contributed by atoms with Crippen molar-refractivity contribution in [3.8, 4) is 0 Å². The second-order valence-corrected chi connectivity index (χ2v) is 6.01. The molecule has 0 amide bonds. The number of carbonyl (C=O) groups excluding carboxylic acids is 1. The minimum Gasteiger partial charge on any atom is -0.459 e. The molecule has 0 radical (unpaired) electrons. The van der Waals surface area contributed by atoms with Gasteiger partial charge in [-0.05, 0) is 23.9 Å². The smallest absolute Gasteiger partial charge is 0.307 e. The minimum absolute atomic E-state index is 0.191. The molecule has 0 fully saturated rings. The summed E-state index contributed by atoms with van der Waals surface area (Å²) in [5.41, 5.74) is 1.98. The van der Waals surface area contributed by atoms with Gasteiger partial charge in [0.05, 0.1) is 17.1 Å². The highest BCUT2D eigenvalue weighted by Gasteiger charge is 2.07. The third-order valence-electron chi connectivity index (χ3n) is 3.52. The number of nitrogens with zero attached hydrogens (tertiary/aromatic N) is 2. The fourth-order valence-corrected chi connectivity index (χ4v) is 3.08. The fraction of sp³-hybridized carbons (Fsp3) is 0.294. The normalized spacial score (nSPS) is 11.0. The summed E-state index contributed by atoms with van der Waals surface area (Å²) in [4.78, 5) is 16.3. The summed E-state index contributed by atoms with van der Waals surface area (Å²) < 4.78 is 7.37. The molecule has 3 rings (SSSR count). The third-order valence-corrected chi connectivity index (χ3v) is 4.56. The molecule has 0 saturated carbocycles. The number of para-hydroxylation sites is 1. The molecule has 5 heteroatoms. The number of rotatable bonds is 6. The van der Waals surface area contributed by atoms with Crippen LogP contribution in [0.3, 0.4) is 0 Å². The average molecular weight is 314 g/mol. The number of hydrogen-bond donors (Lipinski definition) is 0. The zero-order valence-electron chi connectivity index (χ0n) is 12.5. The second kappa shape index (κ2) is 6.75. The summed E-state index contributed by atoms with van der Waals surface area (Å²) >= 11 is 1.61. The van der Waals surface area contributed by atoms with Crippen molar-refractivity contribution in [2.75, 3.05) is 0 Å². The largest absolute Gasteiger partial charge is 0.459 e. The Bertz CT molecular complexity index is 776. The molecule has 22 heavy (non-hydrogen) atoms. The van der Waals surface area contributed by atoms with Crippen molar-refractivity contribution < 1.29 is 9.53 Å². The Balaban J connectivity index is 1.52. The second-order valence-electron chi connectivity index (χ2n) is 5.06. The average Bonchev–Trinajstić information content (AvgIpc) is 3.17. The molecule has 3 aromatic rings. The van der Waals surface area contributed by atoms with Gasteiger partial charge < -0.3 is 9.30 Å². The Morgan fingerprint density at radius 3 is 3.00 bits per heavy atom. The van der Waals surface area contributed by atoms with Gasteiger partial charge in [0.15, 0.2) is 0 Å². The van der Waals surface area contributed by atoms with Gasteiger partial charge in [-0.15, -0.1) is 11.3 Å². The van der Waals surface area contributed by atoms with Gasteiger partial charge in [0, 0.05) is 23.6 Å². The molecular weight excluding hydrogens is 296 g/mol. The van der Waals surface area contributed by atoms with E-state index >= 15 is 0 Å². The molecule has 0 atom stereocenters. The fourth-order valence-electron chi connectivity index (χ4n) is 2.35. The van der Waals surface area contributed by atoms with E-state index in [4.69, 9.17) is 4.74 Å². The van der Waals surface area contributed by atoms with Gasteiger partial charge in [0.1, 0.15) is 6.61 Å². The van der Waals surface area contributed by atoms with Gasteiger partial charge in [-0.2, -0.15) is 0 Å². The van der Waals surface area contributed by atoms with Gasteiger partial charge in [-0.3, -0.25) is 4.79 Å². The van der Waals surface area contributed by atoms with E-state index in [9.17, 15) is 4.79 Å². The van der Waals surface area contributed by atoms with Crippen molar-refractivity contribution >= 4 is 28.2 Å². The van der Waals surface area contributed by atoms with Crippen molar-refractivity contribution in [2.45, 2.75) is 32.9 Å². The molecule has 0 spiro atoms. The Morgan fingerprint density at radius 1 is 1.32 bits per heavy atom. The first-order valence-electron chi connectivity index (χ1n) is 7.39. The molecule has 0 N–H and O–H groups in total. The van der Waals surface area contributed by atoms with Crippen molar-refractivity contribution in [3.05, 3.63) is 52.6 Å². The van der Waals surface area contributed by atoms with E-state index in [2.05, 4.69) is 34.7 Å². The number of ether oxygens (including phenoxy) is 1. The number of hydrogen-bond acceptors (Lipinski definition) is 4. The third kappa shape index (κ3) is 3.36. The maximum Gasteiger partial charge on any atom is 0.307 e. The molecule has 0 aliphatic carbocycles. The number of esters is 1. The van der Waals surface area contributed by atoms with Crippen LogP contribution in [0.5, 0.6) is 0 Å². The highest BCUT2D eigenvalue weighted by atomic mass is 32.1. The van der Waals surface area contributed by atoms with Crippen molar-refractivity contribution in [3.63, 3.8) is 0 Å². The number of aryl methyl sites for hydroxylation is 2. The number of benzene rings is 1. The quantitative estimate of drug-likeness (QED) is 0.650. The molecular formula is C17H18N2O2S. The molecule has 0 unspecified atom stereocenters. The van der Waals surface area contributed by atoms with Gasteiger partial charge in [0.2, 0.25) is 0 Å². The molecule has 0 aliphatic rings. The minimum atomic E-state index is -0.191. The molecule has 0 aliphatic heterocycles. The van der Waals surface area contributed by atoms with Crippen LogP contribution in [0, 0.1) is 0 Å². The summed E-state index contributed by atoms with van der Waals surface area (Å²) in [5.74, 6) is -0.191. The van der Waals surface area contributed by atoms with Crippen LogP contribution < -0.4 is 0 Å². The Hall–Kier alpha value is -2.14. The van der Waals surface area contributed by atoms with Crippen molar-refractivity contribution in [2.24, 2.45) is 0 Å². The van der Waals surface area contributed by atoms with E-state index in [1.165, 1.54) is 5.39 Å². The molecule has 0 saturated heterocycles. The Labute approximate surface area is 133 Å². The van der Waals surface area contributed by atoms with E-state index < -0.39 is 0 Å². The van der Waals surface area contributed by atoms with Crippen molar-refractivity contribution in [1.29, 1.82) is 0 Å². The number of aromatic nitrogens is 2. The predicted molar refractivity (Wildman–Crippen MR) is 87.8 cm³/mol. The topological polar surface area (TPSA) is 44.1 Å². The van der Waals surface area contributed by atoms with Crippen LogP contribution in [0.15, 0.2) is 41.9 Å². The highest BCUT2D eigenvalue weighted by Crippen LogP contribution is 2.16. The summed E-state index contributed by atoms with van der Waals surface area (Å²) in [6.45, 7) is 2.96. The molecule has 2 aromatic heterocycles. The maximum absolute atomic E-state index is 11.9. The standard InChI is InChI=1S/C17H18N2O2S/c1-2-16-18-14(12-22-16)11-21-17(20)8-10-19-9-7-13-5-3-4-6-15(13)19/h3-7,9,12H,2,8,10-11H2,1H3. The first kappa shape index (κ1) is 14.8. The van der Waals surface area contributed by atoms with E-state index in [-0.39, 0.29) is 12.6 Å². The number of fused-ring (bicyclic) bond motifs is 1. The lowest BCUT2D eigenvalue weighted by Gasteiger charge is -2.06. The van der Waals surface area contributed by atoms with Crippen LogP contribution in [-0.4, -0.2) is 15.5 Å². The lowest BCUT2D eigenvalue weighted by Crippen LogP contribution is -2.09. The molecule has 114 valence electrons.